The average Bonchev–Trinajstić information content (AvgIpc) is 2.84. The van der Waals surface area contributed by atoms with Crippen LogP contribution in [0.15, 0.2) is 18.2 Å². The highest BCUT2D eigenvalue weighted by atomic mass is 32.2. The zero-order valence-corrected chi connectivity index (χ0v) is 11.0. The Morgan fingerprint density at radius 3 is 2.94 bits per heavy atom. The van der Waals surface area contributed by atoms with Crippen LogP contribution < -0.4 is 15.2 Å². The van der Waals surface area contributed by atoms with E-state index in [1.54, 1.807) is 7.11 Å². The van der Waals surface area contributed by atoms with Crippen molar-refractivity contribution in [3.8, 4) is 11.5 Å². The standard InChI is InChI=1S/C13H19NO2S/c1-15-13-8-10(4-6-14)2-3-12(13)16-11-5-7-17-9-11/h2-3,8,11H,4-7,9,14H2,1H3. The predicted octanol–water partition coefficient (Wildman–Crippen LogP) is 2.08. The maximum absolute atomic E-state index is 5.95. The summed E-state index contributed by atoms with van der Waals surface area (Å²) < 4.78 is 11.3. The van der Waals surface area contributed by atoms with Crippen LogP contribution >= 0.6 is 11.8 Å². The molecule has 0 spiro atoms. The lowest BCUT2D eigenvalue weighted by atomic mass is 10.1. The highest BCUT2D eigenvalue weighted by molar-refractivity contribution is 7.99. The summed E-state index contributed by atoms with van der Waals surface area (Å²) in [6.45, 7) is 0.655. The summed E-state index contributed by atoms with van der Waals surface area (Å²) >= 11 is 1.94. The molecule has 1 aliphatic heterocycles. The lowest BCUT2D eigenvalue weighted by molar-refractivity contribution is 0.218. The van der Waals surface area contributed by atoms with Gasteiger partial charge in [-0.1, -0.05) is 6.07 Å². The smallest absolute Gasteiger partial charge is 0.161 e. The van der Waals surface area contributed by atoms with E-state index in [-0.39, 0.29) is 0 Å². The van der Waals surface area contributed by atoms with Gasteiger partial charge >= 0.3 is 0 Å². The van der Waals surface area contributed by atoms with Crippen LogP contribution in [0.1, 0.15) is 12.0 Å². The zero-order chi connectivity index (χ0) is 12.1. The Morgan fingerprint density at radius 2 is 2.29 bits per heavy atom. The maximum Gasteiger partial charge on any atom is 0.161 e. The summed E-state index contributed by atoms with van der Waals surface area (Å²) in [6, 6.07) is 6.07. The van der Waals surface area contributed by atoms with E-state index in [4.69, 9.17) is 15.2 Å². The summed E-state index contributed by atoms with van der Waals surface area (Å²) in [4.78, 5) is 0. The summed E-state index contributed by atoms with van der Waals surface area (Å²) in [5.41, 5.74) is 6.74. The van der Waals surface area contributed by atoms with Crippen molar-refractivity contribution in [1.29, 1.82) is 0 Å². The fourth-order valence-electron chi connectivity index (χ4n) is 1.92. The number of thioether (sulfide) groups is 1. The van der Waals surface area contributed by atoms with Gasteiger partial charge in [0.05, 0.1) is 7.11 Å². The minimum atomic E-state index is 0.328. The molecule has 1 saturated heterocycles. The molecule has 1 aliphatic rings. The van der Waals surface area contributed by atoms with Gasteiger partial charge in [-0.05, 0) is 42.8 Å². The molecule has 0 amide bonds. The SMILES string of the molecule is COc1cc(CCN)ccc1OC1CCSC1. The first-order valence-electron chi connectivity index (χ1n) is 5.95. The normalized spacial score (nSPS) is 19.3. The predicted molar refractivity (Wildman–Crippen MR) is 72.1 cm³/mol. The third-order valence-corrected chi connectivity index (χ3v) is 3.97. The first kappa shape index (κ1) is 12.6. The Hall–Kier alpha value is -0.870. The van der Waals surface area contributed by atoms with E-state index in [1.807, 2.05) is 23.9 Å². The molecule has 2 rings (SSSR count). The molecular formula is C13H19NO2S. The van der Waals surface area contributed by atoms with Crippen molar-refractivity contribution in [2.45, 2.75) is 18.9 Å². The van der Waals surface area contributed by atoms with E-state index in [1.165, 1.54) is 11.3 Å². The molecule has 0 bridgehead atoms. The molecule has 0 aromatic heterocycles. The lowest BCUT2D eigenvalue weighted by Gasteiger charge is -2.16. The van der Waals surface area contributed by atoms with E-state index in [0.29, 0.717) is 12.6 Å². The number of benzene rings is 1. The number of hydrogen-bond acceptors (Lipinski definition) is 4. The molecule has 0 aliphatic carbocycles. The van der Waals surface area contributed by atoms with Crippen molar-refractivity contribution in [2.24, 2.45) is 5.73 Å². The molecule has 17 heavy (non-hydrogen) atoms. The van der Waals surface area contributed by atoms with E-state index in [9.17, 15) is 0 Å². The van der Waals surface area contributed by atoms with Gasteiger partial charge in [0.15, 0.2) is 11.5 Å². The van der Waals surface area contributed by atoms with Gasteiger partial charge in [0.2, 0.25) is 0 Å². The van der Waals surface area contributed by atoms with E-state index in [2.05, 4.69) is 6.07 Å². The Morgan fingerprint density at radius 1 is 1.41 bits per heavy atom. The van der Waals surface area contributed by atoms with Crippen molar-refractivity contribution in [2.75, 3.05) is 25.2 Å². The molecule has 3 nitrogen and oxygen atoms in total. The number of hydrogen-bond donors (Lipinski definition) is 1. The molecular weight excluding hydrogens is 234 g/mol. The minimum absolute atomic E-state index is 0.328. The quantitative estimate of drug-likeness (QED) is 0.872. The number of ether oxygens (including phenoxy) is 2. The van der Waals surface area contributed by atoms with Crippen LogP contribution in [0.3, 0.4) is 0 Å². The van der Waals surface area contributed by atoms with Gasteiger partial charge in [-0.3, -0.25) is 0 Å². The Bertz CT molecular complexity index is 364. The molecule has 94 valence electrons. The van der Waals surface area contributed by atoms with Crippen molar-refractivity contribution < 1.29 is 9.47 Å². The molecule has 1 fully saturated rings. The molecule has 1 heterocycles. The third-order valence-electron chi connectivity index (χ3n) is 2.84. The molecule has 1 aromatic carbocycles. The first-order valence-corrected chi connectivity index (χ1v) is 7.10. The lowest BCUT2D eigenvalue weighted by Crippen LogP contribution is -2.15. The van der Waals surface area contributed by atoms with Crippen LogP contribution in [-0.4, -0.2) is 31.3 Å². The van der Waals surface area contributed by atoms with E-state index in [0.717, 1.165) is 30.1 Å². The average molecular weight is 253 g/mol. The van der Waals surface area contributed by atoms with Crippen LogP contribution in [0.5, 0.6) is 11.5 Å². The van der Waals surface area contributed by atoms with Crippen molar-refractivity contribution in [3.63, 3.8) is 0 Å². The third kappa shape index (κ3) is 3.30. The highest BCUT2D eigenvalue weighted by Crippen LogP contribution is 2.31. The van der Waals surface area contributed by atoms with Gasteiger partial charge in [-0.15, -0.1) is 0 Å². The Kier molecular flexibility index (Phi) is 4.57. The summed E-state index contributed by atoms with van der Waals surface area (Å²) in [6.07, 6.45) is 2.32. The Balaban J connectivity index is 2.09. The molecule has 0 radical (unpaired) electrons. The largest absolute Gasteiger partial charge is 0.493 e. The van der Waals surface area contributed by atoms with Gasteiger partial charge in [0, 0.05) is 5.75 Å². The number of rotatable bonds is 5. The number of nitrogens with two attached hydrogens (primary N) is 1. The van der Waals surface area contributed by atoms with Crippen LogP contribution in [0.25, 0.3) is 0 Å². The minimum Gasteiger partial charge on any atom is -0.493 e. The molecule has 0 saturated carbocycles. The highest BCUT2D eigenvalue weighted by Gasteiger charge is 2.18. The fraction of sp³-hybridized carbons (Fsp3) is 0.538. The fourth-order valence-corrected chi connectivity index (χ4v) is 3.01. The van der Waals surface area contributed by atoms with E-state index >= 15 is 0 Å². The van der Waals surface area contributed by atoms with Crippen molar-refractivity contribution in [1.82, 2.24) is 0 Å². The second-order valence-electron chi connectivity index (χ2n) is 4.13. The second-order valence-corrected chi connectivity index (χ2v) is 5.28. The second kappa shape index (κ2) is 6.17. The van der Waals surface area contributed by atoms with Crippen molar-refractivity contribution >= 4 is 11.8 Å². The van der Waals surface area contributed by atoms with Gasteiger partial charge in [-0.25, -0.2) is 0 Å². The van der Waals surface area contributed by atoms with E-state index < -0.39 is 0 Å². The van der Waals surface area contributed by atoms with Crippen LogP contribution in [0.4, 0.5) is 0 Å². The molecule has 1 atom stereocenters. The van der Waals surface area contributed by atoms with Crippen LogP contribution in [0.2, 0.25) is 0 Å². The molecule has 4 heteroatoms. The first-order chi connectivity index (χ1) is 8.33. The zero-order valence-electron chi connectivity index (χ0n) is 10.1. The topological polar surface area (TPSA) is 44.5 Å². The summed E-state index contributed by atoms with van der Waals surface area (Å²) in [5.74, 6) is 3.93. The van der Waals surface area contributed by atoms with Gasteiger partial charge in [-0.2, -0.15) is 11.8 Å². The monoisotopic (exact) mass is 253 g/mol. The summed E-state index contributed by atoms with van der Waals surface area (Å²) in [5, 5.41) is 0. The van der Waals surface area contributed by atoms with Crippen molar-refractivity contribution in [3.05, 3.63) is 23.8 Å². The maximum atomic E-state index is 5.95. The molecule has 1 unspecified atom stereocenters. The van der Waals surface area contributed by atoms with Crippen LogP contribution in [0, 0.1) is 0 Å². The summed E-state index contributed by atoms with van der Waals surface area (Å²) in [7, 11) is 1.68. The number of methoxy groups -OCH3 is 1. The van der Waals surface area contributed by atoms with Crippen LogP contribution in [-0.2, 0) is 6.42 Å². The van der Waals surface area contributed by atoms with Gasteiger partial charge in [0.25, 0.3) is 0 Å². The van der Waals surface area contributed by atoms with Gasteiger partial charge in [0.1, 0.15) is 6.10 Å². The molecule has 1 aromatic rings. The van der Waals surface area contributed by atoms with Gasteiger partial charge < -0.3 is 15.2 Å². The Labute approximate surface area is 107 Å². The molecule has 2 N–H and O–H groups in total.